The molecule has 11 heteroatoms. The Hall–Kier alpha value is -3.44. The summed E-state index contributed by atoms with van der Waals surface area (Å²) in [5.41, 5.74) is 1.43. The number of aromatic nitrogens is 2. The van der Waals surface area contributed by atoms with Crippen LogP contribution in [0.15, 0.2) is 36.4 Å². The second-order valence-corrected chi connectivity index (χ2v) is 9.10. The van der Waals surface area contributed by atoms with E-state index in [2.05, 4.69) is 37.4 Å². The molecule has 37 heavy (non-hydrogen) atoms. The van der Waals surface area contributed by atoms with Gasteiger partial charge in [0.05, 0.1) is 36.6 Å². The molecular formula is C26H30F3N5O3. The van der Waals surface area contributed by atoms with Crippen molar-refractivity contribution in [1.82, 2.24) is 15.1 Å². The number of hydrogen-bond acceptors (Lipinski definition) is 7. The highest BCUT2D eigenvalue weighted by Crippen LogP contribution is 2.33. The van der Waals surface area contributed by atoms with Gasteiger partial charge in [-0.25, -0.2) is 13.2 Å². The molecule has 1 unspecified atom stereocenters. The van der Waals surface area contributed by atoms with Gasteiger partial charge in [0.1, 0.15) is 5.82 Å². The summed E-state index contributed by atoms with van der Waals surface area (Å²) >= 11 is 0. The van der Waals surface area contributed by atoms with Crippen LogP contribution in [-0.2, 0) is 9.53 Å². The monoisotopic (exact) mass is 517 g/mol. The fourth-order valence-electron chi connectivity index (χ4n) is 4.91. The van der Waals surface area contributed by atoms with Crippen molar-refractivity contribution in [2.24, 2.45) is 0 Å². The van der Waals surface area contributed by atoms with E-state index < -0.39 is 23.8 Å². The largest absolute Gasteiger partial charge is 0.483 e. The second kappa shape index (κ2) is 11.7. The molecule has 0 spiro atoms. The van der Waals surface area contributed by atoms with Gasteiger partial charge < -0.3 is 20.1 Å². The van der Waals surface area contributed by atoms with E-state index in [1.54, 1.807) is 6.92 Å². The Morgan fingerprint density at radius 3 is 2.65 bits per heavy atom. The molecule has 3 aromatic rings. The maximum Gasteiger partial charge on any atom is 0.290 e. The molecule has 8 nitrogen and oxygen atoms in total. The molecule has 2 saturated heterocycles. The van der Waals surface area contributed by atoms with Crippen molar-refractivity contribution < 1.29 is 27.8 Å². The van der Waals surface area contributed by atoms with Crippen molar-refractivity contribution in [3.63, 3.8) is 0 Å². The highest BCUT2D eigenvalue weighted by atomic mass is 19.3. The Labute approximate surface area is 213 Å². The normalized spacial score (nSPS) is 18.6. The number of ether oxygens (including phenoxy) is 1. The number of fused-ring (bicyclic) bond motifs is 2. The zero-order valence-electron chi connectivity index (χ0n) is 20.7. The zero-order chi connectivity index (χ0) is 26.5. The van der Waals surface area contributed by atoms with Gasteiger partial charge in [0.2, 0.25) is 0 Å². The number of carboxylic acid groups (broad SMARTS) is 1. The number of morpholine rings is 1. The number of nitrogens with one attached hydrogen (secondary N) is 1. The second-order valence-electron chi connectivity index (χ2n) is 9.10. The molecule has 0 radical (unpaired) electrons. The summed E-state index contributed by atoms with van der Waals surface area (Å²) < 4.78 is 46.7. The van der Waals surface area contributed by atoms with Crippen molar-refractivity contribution in [3.8, 4) is 0 Å². The van der Waals surface area contributed by atoms with Crippen LogP contribution in [0.3, 0.4) is 0 Å². The molecule has 0 bridgehead atoms. The number of aryl methyl sites for hydroxylation is 1. The van der Waals surface area contributed by atoms with Crippen LogP contribution in [0.4, 0.5) is 24.7 Å². The predicted molar refractivity (Wildman–Crippen MR) is 135 cm³/mol. The maximum atomic E-state index is 14.7. The lowest BCUT2D eigenvalue weighted by molar-refractivity contribution is -0.122. The van der Waals surface area contributed by atoms with Gasteiger partial charge in [0.15, 0.2) is 5.82 Å². The molecule has 1 aromatic heterocycles. The number of hydrogen-bond donors (Lipinski definition) is 2. The van der Waals surface area contributed by atoms with Crippen molar-refractivity contribution in [1.29, 1.82) is 0 Å². The van der Waals surface area contributed by atoms with Crippen molar-refractivity contribution in [2.75, 3.05) is 49.6 Å². The predicted octanol–water partition coefficient (Wildman–Crippen LogP) is 4.41. The van der Waals surface area contributed by atoms with Gasteiger partial charge in [0, 0.05) is 48.2 Å². The third-order valence-corrected chi connectivity index (χ3v) is 6.86. The minimum atomic E-state index is -2.87. The maximum absolute atomic E-state index is 14.7. The number of carbonyl (C=O) groups is 1. The summed E-state index contributed by atoms with van der Waals surface area (Å²) in [4.78, 5) is 13.2. The summed E-state index contributed by atoms with van der Waals surface area (Å²) in [7, 11) is 0. The minimum Gasteiger partial charge on any atom is -0.483 e. The Kier molecular flexibility index (Phi) is 8.45. The summed E-state index contributed by atoms with van der Waals surface area (Å²) in [6.07, 6.45) is -2.87. The number of alkyl halides is 2. The average Bonchev–Trinajstić information content (AvgIpc) is 2.90. The van der Waals surface area contributed by atoms with Crippen LogP contribution in [0.2, 0.25) is 0 Å². The van der Waals surface area contributed by atoms with Crippen LogP contribution < -0.4 is 10.2 Å². The van der Waals surface area contributed by atoms with Crippen LogP contribution in [0, 0.1) is 12.7 Å². The lowest BCUT2D eigenvalue weighted by Gasteiger charge is -2.44. The van der Waals surface area contributed by atoms with Crippen molar-refractivity contribution >= 4 is 28.7 Å². The van der Waals surface area contributed by atoms with E-state index in [4.69, 9.17) is 14.6 Å². The summed E-state index contributed by atoms with van der Waals surface area (Å²) in [5.74, 6) is -0.397. The highest BCUT2D eigenvalue weighted by molar-refractivity contribution is 5.95. The van der Waals surface area contributed by atoms with Gasteiger partial charge in [-0.3, -0.25) is 9.69 Å². The Balaban J connectivity index is 0.00000102. The molecule has 0 saturated carbocycles. The van der Waals surface area contributed by atoms with Crippen molar-refractivity contribution in [3.05, 3.63) is 59.0 Å². The molecule has 198 valence electrons. The molecule has 3 heterocycles. The molecular weight excluding hydrogens is 487 g/mol. The first kappa shape index (κ1) is 26.6. The van der Waals surface area contributed by atoms with Crippen LogP contribution in [-0.4, -0.2) is 72.1 Å². The fraction of sp³-hybridized carbons (Fsp3) is 0.423. The standard InChI is InChI=1S/C25H28F3N5O.CH2O2/c1-15(20-4-3-5-21(23(20)26)24(27)28)29-25-22-12-17(6-7-19(22)16(2)30-31-25)33-9-8-32-10-11-34-14-18(32)13-33;2-1-3/h3-7,12,15,18,24H,8-11,13-14H2,1-2H3,(H,29,31);1H,(H,2,3)/t15-,18?;/m1./s1. The molecule has 2 aliphatic rings. The SMILES string of the molecule is Cc1nnc(N[C@H](C)c2cccc(C(F)F)c2F)c2cc(N3CCN4CCOCC4C3)ccc12.O=CO. The lowest BCUT2D eigenvalue weighted by atomic mass is 10.0. The molecule has 2 aliphatic heterocycles. The number of anilines is 2. The zero-order valence-corrected chi connectivity index (χ0v) is 20.7. The van der Waals surface area contributed by atoms with Crippen molar-refractivity contribution in [2.45, 2.75) is 32.4 Å². The molecule has 0 aliphatic carbocycles. The minimum absolute atomic E-state index is 0.165. The average molecular weight is 518 g/mol. The Morgan fingerprint density at radius 1 is 1.14 bits per heavy atom. The molecule has 2 fully saturated rings. The third-order valence-electron chi connectivity index (χ3n) is 6.86. The highest BCUT2D eigenvalue weighted by Gasteiger charge is 2.30. The van der Waals surface area contributed by atoms with Gasteiger partial charge >= 0.3 is 0 Å². The van der Waals surface area contributed by atoms with Gasteiger partial charge in [-0.05, 0) is 26.0 Å². The number of halogens is 3. The van der Waals surface area contributed by atoms with Crippen LogP contribution in [0.5, 0.6) is 0 Å². The van der Waals surface area contributed by atoms with Gasteiger partial charge in [-0.15, -0.1) is 5.10 Å². The van der Waals surface area contributed by atoms with E-state index in [1.807, 2.05) is 13.0 Å². The fourth-order valence-corrected chi connectivity index (χ4v) is 4.91. The Bertz CT molecular complexity index is 1250. The van der Waals surface area contributed by atoms with Crippen LogP contribution in [0.1, 0.15) is 36.2 Å². The molecule has 2 N–H and O–H groups in total. The topological polar surface area (TPSA) is 90.8 Å². The number of benzene rings is 2. The van der Waals surface area contributed by atoms with E-state index in [1.165, 1.54) is 12.1 Å². The third kappa shape index (κ3) is 5.78. The van der Waals surface area contributed by atoms with E-state index in [-0.39, 0.29) is 12.0 Å². The number of nitrogens with zero attached hydrogens (tertiary/aromatic N) is 4. The van der Waals surface area contributed by atoms with E-state index in [0.29, 0.717) is 11.9 Å². The number of rotatable bonds is 5. The Morgan fingerprint density at radius 2 is 1.89 bits per heavy atom. The smallest absolute Gasteiger partial charge is 0.290 e. The summed E-state index contributed by atoms with van der Waals surface area (Å²) in [6.45, 7) is 8.67. The first-order valence-corrected chi connectivity index (χ1v) is 12.1. The van der Waals surface area contributed by atoms with Gasteiger partial charge in [-0.1, -0.05) is 24.3 Å². The molecule has 2 atom stereocenters. The van der Waals surface area contributed by atoms with E-state index in [9.17, 15) is 13.2 Å². The summed E-state index contributed by atoms with van der Waals surface area (Å²) in [5, 5.41) is 20.5. The van der Waals surface area contributed by atoms with Crippen LogP contribution in [0.25, 0.3) is 10.8 Å². The molecule has 2 aromatic carbocycles. The molecule has 0 amide bonds. The van der Waals surface area contributed by atoms with Crippen LogP contribution >= 0.6 is 0 Å². The first-order valence-electron chi connectivity index (χ1n) is 12.1. The van der Waals surface area contributed by atoms with Gasteiger partial charge in [-0.2, -0.15) is 5.10 Å². The quantitative estimate of drug-likeness (QED) is 0.481. The lowest BCUT2D eigenvalue weighted by Crippen LogP contribution is -2.58. The number of piperazine rings is 1. The summed E-state index contributed by atoms with van der Waals surface area (Å²) in [6, 6.07) is 10.1. The van der Waals surface area contributed by atoms with E-state index in [0.717, 1.165) is 67.6 Å². The molecule has 5 rings (SSSR count). The van der Waals surface area contributed by atoms with Gasteiger partial charge in [0.25, 0.3) is 12.9 Å². The van der Waals surface area contributed by atoms with E-state index >= 15 is 0 Å². The first-order chi connectivity index (χ1) is 17.8.